The highest BCUT2D eigenvalue weighted by Gasteiger charge is 2.11. The Labute approximate surface area is 95.6 Å². The van der Waals surface area contributed by atoms with Gasteiger partial charge in [-0.15, -0.1) is 0 Å². The molecule has 88 valence electrons. The van der Waals surface area contributed by atoms with E-state index in [2.05, 4.69) is 5.32 Å². The first-order chi connectivity index (χ1) is 7.30. The standard InChI is InChI=1S/C11H15NO3S/c1-8(2)12-11(13)9-5-4-6-10(7-9)16(3,14)15/h4-8H,1-3H3,(H,12,13). The fraction of sp³-hybridized carbons (Fsp3) is 0.364. The Kier molecular flexibility index (Phi) is 3.70. The molecule has 0 aliphatic heterocycles. The van der Waals surface area contributed by atoms with Crippen molar-refractivity contribution in [1.82, 2.24) is 5.32 Å². The van der Waals surface area contributed by atoms with Gasteiger partial charge in [-0.2, -0.15) is 0 Å². The molecular formula is C11H15NO3S. The van der Waals surface area contributed by atoms with Gasteiger partial charge in [-0.3, -0.25) is 4.79 Å². The van der Waals surface area contributed by atoms with Crippen LogP contribution in [-0.2, 0) is 9.84 Å². The average Bonchev–Trinajstić information content (AvgIpc) is 2.15. The predicted molar refractivity (Wildman–Crippen MR) is 62.2 cm³/mol. The lowest BCUT2D eigenvalue weighted by Gasteiger charge is -2.08. The second-order valence-corrected chi connectivity index (χ2v) is 5.94. The number of sulfone groups is 1. The van der Waals surface area contributed by atoms with Crippen LogP contribution < -0.4 is 5.32 Å². The molecule has 0 saturated carbocycles. The summed E-state index contributed by atoms with van der Waals surface area (Å²) in [5.74, 6) is -0.263. The fourth-order valence-electron chi connectivity index (χ4n) is 1.21. The SMILES string of the molecule is CC(C)NC(=O)c1cccc(S(C)(=O)=O)c1. The van der Waals surface area contributed by atoms with E-state index in [9.17, 15) is 13.2 Å². The molecule has 0 radical (unpaired) electrons. The minimum absolute atomic E-state index is 0.0226. The van der Waals surface area contributed by atoms with Crippen molar-refractivity contribution in [3.63, 3.8) is 0 Å². The van der Waals surface area contributed by atoms with E-state index in [1.54, 1.807) is 12.1 Å². The van der Waals surface area contributed by atoms with Crippen LogP contribution >= 0.6 is 0 Å². The average molecular weight is 241 g/mol. The van der Waals surface area contributed by atoms with Crippen molar-refractivity contribution >= 4 is 15.7 Å². The molecule has 1 rings (SSSR count). The van der Waals surface area contributed by atoms with Gasteiger partial charge in [-0.05, 0) is 32.0 Å². The van der Waals surface area contributed by atoms with E-state index in [-0.39, 0.29) is 16.8 Å². The number of carbonyl (C=O) groups is 1. The zero-order valence-corrected chi connectivity index (χ0v) is 10.3. The molecular weight excluding hydrogens is 226 g/mol. The highest BCUT2D eigenvalue weighted by Crippen LogP contribution is 2.11. The Morgan fingerprint density at radius 3 is 2.44 bits per heavy atom. The monoisotopic (exact) mass is 241 g/mol. The summed E-state index contributed by atoms with van der Waals surface area (Å²) in [6, 6.07) is 6.03. The second-order valence-electron chi connectivity index (χ2n) is 3.93. The minimum atomic E-state index is -3.27. The van der Waals surface area contributed by atoms with Gasteiger partial charge in [0, 0.05) is 17.9 Å². The summed E-state index contributed by atoms with van der Waals surface area (Å²) in [7, 11) is -3.27. The maximum Gasteiger partial charge on any atom is 0.251 e. The third kappa shape index (κ3) is 3.34. The van der Waals surface area contributed by atoms with Crippen LogP contribution in [0.5, 0.6) is 0 Å². The lowest BCUT2D eigenvalue weighted by Crippen LogP contribution is -2.30. The van der Waals surface area contributed by atoms with E-state index in [1.807, 2.05) is 13.8 Å². The van der Waals surface area contributed by atoms with Gasteiger partial charge in [-0.25, -0.2) is 8.42 Å². The number of carbonyl (C=O) groups excluding carboxylic acids is 1. The molecule has 1 aromatic carbocycles. The summed E-state index contributed by atoms with van der Waals surface area (Å²) in [5, 5.41) is 2.70. The van der Waals surface area contributed by atoms with Crippen LogP contribution in [0, 0.1) is 0 Å². The lowest BCUT2D eigenvalue weighted by molar-refractivity contribution is 0.0943. The van der Waals surface area contributed by atoms with E-state index in [4.69, 9.17) is 0 Å². The molecule has 16 heavy (non-hydrogen) atoms. The van der Waals surface area contributed by atoms with Crippen molar-refractivity contribution in [2.75, 3.05) is 6.26 Å². The van der Waals surface area contributed by atoms with Gasteiger partial charge in [0.1, 0.15) is 0 Å². The summed E-state index contributed by atoms with van der Waals surface area (Å²) < 4.78 is 22.6. The normalized spacial score (nSPS) is 11.5. The van der Waals surface area contributed by atoms with Crippen molar-refractivity contribution in [1.29, 1.82) is 0 Å². The minimum Gasteiger partial charge on any atom is -0.350 e. The molecule has 4 nitrogen and oxygen atoms in total. The van der Waals surface area contributed by atoms with Crippen LogP contribution in [0.15, 0.2) is 29.2 Å². The first kappa shape index (κ1) is 12.7. The quantitative estimate of drug-likeness (QED) is 0.865. The van der Waals surface area contributed by atoms with Gasteiger partial charge >= 0.3 is 0 Å². The summed E-state index contributed by atoms with van der Waals surface area (Å²) >= 11 is 0. The molecule has 0 atom stereocenters. The van der Waals surface area contributed by atoms with Crippen LogP contribution in [0.3, 0.4) is 0 Å². The Bertz CT molecular complexity index is 492. The third-order valence-electron chi connectivity index (χ3n) is 1.94. The molecule has 0 fully saturated rings. The van der Waals surface area contributed by atoms with Crippen molar-refractivity contribution < 1.29 is 13.2 Å². The Morgan fingerprint density at radius 1 is 1.31 bits per heavy atom. The molecule has 0 aliphatic carbocycles. The molecule has 0 unspecified atom stereocenters. The van der Waals surface area contributed by atoms with Crippen molar-refractivity contribution in [3.8, 4) is 0 Å². The van der Waals surface area contributed by atoms with E-state index in [0.29, 0.717) is 5.56 Å². The van der Waals surface area contributed by atoms with Crippen molar-refractivity contribution in [2.45, 2.75) is 24.8 Å². The van der Waals surface area contributed by atoms with E-state index in [1.165, 1.54) is 12.1 Å². The van der Waals surface area contributed by atoms with Gasteiger partial charge in [0.05, 0.1) is 4.90 Å². The third-order valence-corrected chi connectivity index (χ3v) is 3.05. The maximum absolute atomic E-state index is 11.6. The van der Waals surface area contributed by atoms with Gasteiger partial charge in [0.25, 0.3) is 5.91 Å². The first-order valence-electron chi connectivity index (χ1n) is 4.91. The molecule has 0 saturated heterocycles. The molecule has 0 bridgehead atoms. The second kappa shape index (κ2) is 4.65. The number of amides is 1. The molecule has 0 spiro atoms. The largest absolute Gasteiger partial charge is 0.350 e. The zero-order chi connectivity index (χ0) is 12.3. The van der Waals surface area contributed by atoms with Crippen LogP contribution in [0.4, 0.5) is 0 Å². The highest BCUT2D eigenvalue weighted by molar-refractivity contribution is 7.90. The molecule has 1 N–H and O–H groups in total. The Balaban J connectivity index is 3.04. The van der Waals surface area contributed by atoms with Gasteiger partial charge in [0.2, 0.25) is 0 Å². The van der Waals surface area contributed by atoms with Crippen LogP contribution in [0.25, 0.3) is 0 Å². The maximum atomic E-state index is 11.6. The van der Waals surface area contributed by atoms with Crippen LogP contribution in [0.1, 0.15) is 24.2 Å². The Morgan fingerprint density at radius 2 is 1.94 bits per heavy atom. The number of rotatable bonds is 3. The summed E-state index contributed by atoms with van der Waals surface area (Å²) in [4.78, 5) is 11.8. The summed E-state index contributed by atoms with van der Waals surface area (Å²) in [6.45, 7) is 3.69. The molecule has 0 heterocycles. The summed E-state index contributed by atoms with van der Waals surface area (Å²) in [5.41, 5.74) is 0.358. The van der Waals surface area contributed by atoms with E-state index >= 15 is 0 Å². The van der Waals surface area contributed by atoms with Crippen molar-refractivity contribution in [3.05, 3.63) is 29.8 Å². The number of benzene rings is 1. The first-order valence-corrected chi connectivity index (χ1v) is 6.81. The topological polar surface area (TPSA) is 63.2 Å². The molecule has 1 aromatic rings. The highest BCUT2D eigenvalue weighted by atomic mass is 32.2. The number of nitrogens with one attached hydrogen (secondary N) is 1. The summed E-state index contributed by atoms with van der Waals surface area (Å²) in [6.07, 6.45) is 1.12. The molecule has 0 aromatic heterocycles. The molecule has 1 amide bonds. The predicted octanol–water partition coefficient (Wildman–Crippen LogP) is 1.23. The fourth-order valence-corrected chi connectivity index (χ4v) is 1.88. The van der Waals surface area contributed by atoms with E-state index < -0.39 is 9.84 Å². The van der Waals surface area contributed by atoms with E-state index in [0.717, 1.165) is 6.26 Å². The van der Waals surface area contributed by atoms with Gasteiger partial charge < -0.3 is 5.32 Å². The Hall–Kier alpha value is -1.36. The van der Waals surface area contributed by atoms with Gasteiger partial charge in [0.15, 0.2) is 9.84 Å². The zero-order valence-electron chi connectivity index (χ0n) is 9.52. The molecule has 5 heteroatoms. The van der Waals surface area contributed by atoms with Gasteiger partial charge in [-0.1, -0.05) is 6.07 Å². The number of hydrogen-bond acceptors (Lipinski definition) is 3. The van der Waals surface area contributed by atoms with Crippen molar-refractivity contribution in [2.24, 2.45) is 0 Å². The number of hydrogen-bond donors (Lipinski definition) is 1. The smallest absolute Gasteiger partial charge is 0.251 e. The van der Waals surface area contributed by atoms with Crippen LogP contribution in [0.2, 0.25) is 0 Å². The van der Waals surface area contributed by atoms with Crippen LogP contribution in [-0.4, -0.2) is 26.6 Å². The lowest BCUT2D eigenvalue weighted by atomic mass is 10.2. The molecule has 0 aliphatic rings.